The van der Waals surface area contributed by atoms with Crippen molar-refractivity contribution >= 4 is 11.9 Å². The molecule has 1 saturated heterocycles. The molecule has 0 aliphatic carbocycles. The Hall–Kier alpha value is -2.66. The first-order chi connectivity index (χ1) is 10.6. The van der Waals surface area contributed by atoms with Crippen molar-refractivity contribution in [1.82, 2.24) is 10.2 Å². The zero-order chi connectivity index (χ0) is 15.5. The van der Waals surface area contributed by atoms with Crippen LogP contribution in [0.5, 0.6) is 0 Å². The van der Waals surface area contributed by atoms with Gasteiger partial charge in [-0.25, -0.2) is 4.79 Å². The molecule has 3 rings (SSSR count). The van der Waals surface area contributed by atoms with E-state index in [1.165, 1.54) is 0 Å². The summed E-state index contributed by atoms with van der Waals surface area (Å²) in [7, 11) is 0. The number of hydrogen-bond acceptors (Lipinski definition) is 3. The third-order valence-electron chi connectivity index (χ3n) is 3.71. The molecule has 0 saturated carbocycles. The zero-order valence-corrected chi connectivity index (χ0v) is 11.9. The first-order valence-corrected chi connectivity index (χ1v) is 7.04. The molecule has 5 nitrogen and oxygen atoms in total. The molecule has 1 amide bonds. The lowest BCUT2D eigenvalue weighted by Crippen LogP contribution is -2.27. The summed E-state index contributed by atoms with van der Waals surface area (Å²) in [5, 5.41) is 11.9. The summed E-state index contributed by atoms with van der Waals surface area (Å²) < 4.78 is 0. The normalized spacial score (nSPS) is 18.2. The van der Waals surface area contributed by atoms with Crippen molar-refractivity contribution in [2.45, 2.75) is 12.7 Å². The van der Waals surface area contributed by atoms with Gasteiger partial charge in [0, 0.05) is 6.54 Å². The molecule has 2 N–H and O–H groups in total. The van der Waals surface area contributed by atoms with E-state index in [9.17, 15) is 9.59 Å². The summed E-state index contributed by atoms with van der Waals surface area (Å²) in [6, 6.07) is 16.6. The van der Waals surface area contributed by atoms with Gasteiger partial charge in [0.05, 0.1) is 12.1 Å². The minimum absolute atomic E-state index is 0.0248. The molecule has 22 heavy (non-hydrogen) atoms. The van der Waals surface area contributed by atoms with E-state index >= 15 is 0 Å². The Bertz CT molecular complexity index is 683. The number of carbonyl (C=O) groups is 2. The maximum atomic E-state index is 11.8. The lowest BCUT2D eigenvalue weighted by molar-refractivity contribution is -0.118. The van der Waals surface area contributed by atoms with Gasteiger partial charge in [-0.05, 0) is 23.3 Å². The van der Waals surface area contributed by atoms with Crippen LogP contribution < -0.4 is 5.32 Å². The molecule has 5 heteroatoms. The van der Waals surface area contributed by atoms with Gasteiger partial charge in [-0.3, -0.25) is 9.69 Å². The molecule has 1 atom stereocenters. The van der Waals surface area contributed by atoms with Gasteiger partial charge < -0.3 is 10.4 Å². The fourth-order valence-corrected chi connectivity index (χ4v) is 2.63. The summed E-state index contributed by atoms with van der Waals surface area (Å²) in [6.45, 7) is 0.991. The minimum Gasteiger partial charge on any atom is -0.478 e. The smallest absolute Gasteiger partial charge is 0.335 e. The predicted octanol–water partition coefficient (Wildman–Crippen LogP) is 2.02. The zero-order valence-electron chi connectivity index (χ0n) is 11.9. The summed E-state index contributed by atoms with van der Waals surface area (Å²) in [6.07, 6.45) is -0.226. The van der Waals surface area contributed by atoms with Gasteiger partial charge in [0.1, 0.15) is 6.17 Å². The number of aromatic carboxylic acids is 1. The molecule has 2 aromatic carbocycles. The number of nitrogens with zero attached hydrogens (tertiary/aromatic N) is 1. The van der Waals surface area contributed by atoms with E-state index in [1.807, 2.05) is 35.2 Å². The standard InChI is InChI=1S/C17H16N2O3/c20-15-11-19(10-12-4-2-1-3-5-12)16(18-15)13-6-8-14(9-7-13)17(21)22/h1-9,16H,10-11H2,(H,18,20)(H,21,22). The Morgan fingerprint density at radius 1 is 1.14 bits per heavy atom. The molecule has 1 unspecified atom stereocenters. The maximum absolute atomic E-state index is 11.8. The fraction of sp³-hybridized carbons (Fsp3) is 0.176. The molecule has 1 aliphatic rings. The molecule has 1 heterocycles. The van der Waals surface area contributed by atoms with E-state index in [1.54, 1.807) is 24.3 Å². The first-order valence-electron chi connectivity index (χ1n) is 7.04. The molecule has 0 spiro atoms. The lowest BCUT2D eigenvalue weighted by Gasteiger charge is -2.23. The molecule has 0 bridgehead atoms. The number of carboxylic acids is 1. The molecule has 2 aromatic rings. The molecular weight excluding hydrogens is 280 g/mol. The Morgan fingerprint density at radius 2 is 1.82 bits per heavy atom. The molecule has 112 valence electrons. The Morgan fingerprint density at radius 3 is 2.45 bits per heavy atom. The van der Waals surface area contributed by atoms with Crippen LogP contribution in [0.4, 0.5) is 0 Å². The maximum Gasteiger partial charge on any atom is 0.335 e. The van der Waals surface area contributed by atoms with Gasteiger partial charge >= 0.3 is 5.97 Å². The van der Waals surface area contributed by atoms with Crippen LogP contribution in [0.1, 0.15) is 27.7 Å². The van der Waals surface area contributed by atoms with Crippen molar-refractivity contribution < 1.29 is 14.7 Å². The van der Waals surface area contributed by atoms with Gasteiger partial charge in [0.15, 0.2) is 0 Å². The SMILES string of the molecule is O=C1CN(Cc2ccccc2)C(c2ccc(C(=O)O)cc2)N1. The largest absolute Gasteiger partial charge is 0.478 e. The number of benzene rings is 2. The van der Waals surface area contributed by atoms with Crippen molar-refractivity contribution in [3.63, 3.8) is 0 Å². The topological polar surface area (TPSA) is 69.6 Å². The number of carboxylic acid groups (broad SMARTS) is 1. The molecule has 0 radical (unpaired) electrons. The Kier molecular flexibility index (Phi) is 3.89. The second-order valence-electron chi connectivity index (χ2n) is 5.29. The third kappa shape index (κ3) is 2.99. The van der Waals surface area contributed by atoms with Crippen molar-refractivity contribution in [3.8, 4) is 0 Å². The second kappa shape index (κ2) is 5.99. The Labute approximate surface area is 128 Å². The monoisotopic (exact) mass is 296 g/mol. The van der Waals surface area contributed by atoms with Gasteiger partial charge in [0.25, 0.3) is 0 Å². The van der Waals surface area contributed by atoms with E-state index in [0.717, 1.165) is 11.1 Å². The van der Waals surface area contributed by atoms with E-state index in [2.05, 4.69) is 5.32 Å². The molecule has 1 fully saturated rings. The predicted molar refractivity (Wildman–Crippen MR) is 81.1 cm³/mol. The van der Waals surface area contributed by atoms with E-state index < -0.39 is 5.97 Å². The number of nitrogens with one attached hydrogen (secondary N) is 1. The summed E-state index contributed by atoms with van der Waals surface area (Å²) in [4.78, 5) is 24.7. The van der Waals surface area contributed by atoms with E-state index in [4.69, 9.17) is 5.11 Å². The van der Waals surface area contributed by atoms with Crippen LogP contribution >= 0.6 is 0 Å². The van der Waals surface area contributed by atoms with Gasteiger partial charge in [0.2, 0.25) is 5.91 Å². The number of carbonyl (C=O) groups excluding carboxylic acids is 1. The summed E-state index contributed by atoms with van der Waals surface area (Å²) >= 11 is 0. The molecule has 1 aliphatic heterocycles. The van der Waals surface area contributed by atoms with Crippen molar-refractivity contribution in [1.29, 1.82) is 0 Å². The average Bonchev–Trinajstić information content (AvgIpc) is 2.89. The first kappa shape index (κ1) is 14.3. The number of rotatable bonds is 4. The van der Waals surface area contributed by atoms with Crippen molar-refractivity contribution in [2.24, 2.45) is 0 Å². The molecular formula is C17H16N2O3. The fourth-order valence-electron chi connectivity index (χ4n) is 2.63. The highest BCUT2D eigenvalue weighted by atomic mass is 16.4. The Balaban J connectivity index is 1.81. The highest BCUT2D eigenvalue weighted by Gasteiger charge is 2.30. The number of amides is 1. The summed E-state index contributed by atoms with van der Waals surface area (Å²) in [5.74, 6) is -0.980. The number of hydrogen-bond donors (Lipinski definition) is 2. The quantitative estimate of drug-likeness (QED) is 0.905. The van der Waals surface area contributed by atoms with Crippen LogP contribution in [0.3, 0.4) is 0 Å². The van der Waals surface area contributed by atoms with Crippen LogP contribution in [-0.4, -0.2) is 28.4 Å². The highest BCUT2D eigenvalue weighted by Crippen LogP contribution is 2.24. The lowest BCUT2D eigenvalue weighted by atomic mass is 10.1. The van der Waals surface area contributed by atoms with E-state index in [0.29, 0.717) is 13.1 Å². The average molecular weight is 296 g/mol. The highest BCUT2D eigenvalue weighted by molar-refractivity contribution is 5.87. The van der Waals surface area contributed by atoms with Crippen LogP contribution in [0.2, 0.25) is 0 Å². The van der Waals surface area contributed by atoms with Gasteiger partial charge in [-0.15, -0.1) is 0 Å². The van der Waals surface area contributed by atoms with Crippen LogP contribution in [0, 0.1) is 0 Å². The van der Waals surface area contributed by atoms with Crippen LogP contribution in [0.15, 0.2) is 54.6 Å². The van der Waals surface area contributed by atoms with Crippen molar-refractivity contribution in [2.75, 3.05) is 6.54 Å². The van der Waals surface area contributed by atoms with Gasteiger partial charge in [-0.1, -0.05) is 42.5 Å². The minimum atomic E-state index is -0.955. The van der Waals surface area contributed by atoms with Crippen LogP contribution in [0.25, 0.3) is 0 Å². The van der Waals surface area contributed by atoms with E-state index in [-0.39, 0.29) is 17.6 Å². The third-order valence-corrected chi connectivity index (χ3v) is 3.71. The van der Waals surface area contributed by atoms with Gasteiger partial charge in [-0.2, -0.15) is 0 Å². The second-order valence-corrected chi connectivity index (χ2v) is 5.29. The van der Waals surface area contributed by atoms with Crippen LogP contribution in [-0.2, 0) is 11.3 Å². The molecule has 0 aromatic heterocycles. The summed E-state index contributed by atoms with van der Waals surface area (Å²) in [5.41, 5.74) is 2.25. The van der Waals surface area contributed by atoms with Crippen molar-refractivity contribution in [3.05, 3.63) is 71.3 Å².